The molecule has 0 saturated carbocycles. The summed E-state index contributed by atoms with van der Waals surface area (Å²) in [4.78, 5) is 7.24. The van der Waals surface area contributed by atoms with Crippen molar-refractivity contribution in [2.24, 2.45) is 7.05 Å². The Morgan fingerprint density at radius 3 is 2.85 bits per heavy atom. The van der Waals surface area contributed by atoms with Crippen molar-refractivity contribution in [3.63, 3.8) is 0 Å². The van der Waals surface area contributed by atoms with Crippen LogP contribution in [0.25, 0.3) is 11.0 Å². The average molecular weight is 310 g/mol. The number of likely N-dealkylation sites (tertiary alicyclic amines) is 1. The van der Waals surface area contributed by atoms with E-state index in [-0.39, 0.29) is 0 Å². The Bertz CT molecular complexity index is 590. The van der Waals surface area contributed by atoms with Crippen molar-refractivity contribution in [2.75, 3.05) is 25.4 Å². The lowest BCUT2D eigenvalue weighted by molar-refractivity contribution is 0.242. The first-order valence-electron chi connectivity index (χ1n) is 7.21. The van der Waals surface area contributed by atoms with Crippen LogP contribution in [0, 0.1) is 0 Å². The van der Waals surface area contributed by atoms with Crippen molar-refractivity contribution in [1.29, 1.82) is 0 Å². The molecule has 1 saturated heterocycles. The van der Waals surface area contributed by atoms with Gasteiger partial charge in [0.25, 0.3) is 0 Å². The van der Waals surface area contributed by atoms with Crippen LogP contribution in [0.3, 0.4) is 0 Å². The maximum atomic E-state index is 6.02. The molecule has 0 spiro atoms. The topological polar surface area (TPSA) is 21.1 Å². The molecule has 0 aliphatic carbocycles. The zero-order valence-electron chi connectivity index (χ0n) is 11.8. The molecule has 0 amide bonds. The van der Waals surface area contributed by atoms with Gasteiger partial charge < -0.3 is 9.47 Å². The first-order valence-corrected chi connectivity index (χ1v) is 8.57. The van der Waals surface area contributed by atoms with E-state index in [1.54, 1.807) is 0 Å². The molecule has 1 aliphatic heterocycles. The van der Waals surface area contributed by atoms with Gasteiger partial charge in [-0.15, -0.1) is 0 Å². The van der Waals surface area contributed by atoms with Crippen LogP contribution in [0.1, 0.15) is 19.3 Å². The highest BCUT2D eigenvalue weighted by molar-refractivity contribution is 7.99. The van der Waals surface area contributed by atoms with Gasteiger partial charge in [-0.1, -0.05) is 29.8 Å². The number of hydrogen-bond acceptors (Lipinski definition) is 3. The van der Waals surface area contributed by atoms with Crippen molar-refractivity contribution in [3.05, 3.63) is 23.2 Å². The van der Waals surface area contributed by atoms with Gasteiger partial charge in [-0.2, -0.15) is 0 Å². The molecule has 0 radical (unpaired) electrons. The zero-order valence-corrected chi connectivity index (χ0v) is 13.4. The third-order valence-corrected chi connectivity index (χ3v) is 5.13. The fraction of sp³-hybridized carbons (Fsp3) is 0.533. The number of aromatic nitrogens is 2. The number of imidazole rings is 1. The summed E-state index contributed by atoms with van der Waals surface area (Å²) in [6.07, 6.45) is 4.11. The molecule has 0 bridgehead atoms. The number of nitrogens with zero attached hydrogens (tertiary/aromatic N) is 3. The van der Waals surface area contributed by atoms with Gasteiger partial charge in [-0.05, 0) is 44.1 Å². The monoisotopic (exact) mass is 309 g/mol. The summed E-state index contributed by atoms with van der Waals surface area (Å²) in [7, 11) is 2.08. The van der Waals surface area contributed by atoms with Crippen LogP contribution >= 0.6 is 23.4 Å². The Morgan fingerprint density at radius 2 is 2.05 bits per heavy atom. The normalized spacial score (nSPS) is 16.9. The van der Waals surface area contributed by atoms with E-state index < -0.39 is 0 Å². The largest absolute Gasteiger partial charge is 0.322 e. The first-order chi connectivity index (χ1) is 9.74. The van der Waals surface area contributed by atoms with Crippen molar-refractivity contribution in [1.82, 2.24) is 14.5 Å². The minimum Gasteiger partial charge on any atom is -0.322 e. The number of aryl methyl sites for hydroxylation is 1. The average Bonchev–Trinajstić information content (AvgIpc) is 2.76. The number of piperidine rings is 1. The number of halogens is 1. The van der Waals surface area contributed by atoms with Crippen LogP contribution in [-0.4, -0.2) is 39.8 Å². The van der Waals surface area contributed by atoms with Crippen molar-refractivity contribution in [3.8, 4) is 0 Å². The number of rotatable bonds is 4. The van der Waals surface area contributed by atoms with Gasteiger partial charge in [0.2, 0.25) is 0 Å². The Hall–Kier alpha value is -0.710. The summed E-state index contributed by atoms with van der Waals surface area (Å²) in [6, 6.07) is 5.90. The highest BCUT2D eigenvalue weighted by Gasteiger charge is 2.12. The van der Waals surface area contributed by atoms with Crippen molar-refractivity contribution < 1.29 is 0 Å². The van der Waals surface area contributed by atoms with E-state index in [0.29, 0.717) is 0 Å². The fourth-order valence-electron chi connectivity index (χ4n) is 2.73. The summed E-state index contributed by atoms with van der Waals surface area (Å²) in [6.45, 7) is 3.69. The predicted molar refractivity (Wildman–Crippen MR) is 86.7 cm³/mol. The van der Waals surface area contributed by atoms with Gasteiger partial charge in [0.1, 0.15) is 0 Å². The van der Waals surface area contributed by atoms with Gasteiger partial charge in [0.15, 0.2) is 5.16 Å². The van der Waals surface area contributed by atoms with Crippen LogP contribution < -0.4 is 0 Å². The van der Waals surface area contributed by atoms with E-state index in [9.17, 15) is 0 Å². The van der Waals surface area contributed by atoms with E-state index in [4.69, 9.17) is 11.6 Å². The Labute approximate surface area is 129 Å². The predicted octanol–water partition coefficient (Wildman–Crippen LogP) is 3.80. The first kappa shape index (κ1) is 14.2. The standard InChI is InChI=1S/C15H20ClN3S/c1-18-14-6-5-12(16)11-13(14)17-15(18)20-10-9-19-7-3-2-4-8-19/h5-6,11H,2-4,7-10H2,1H3. The van der Waals surface area contributed by atoms with Gasteiger partial charge in [0.05, 0.1) is 11.0 Å². The van der Waals surface area contributed by atoms with Crippen molar-refractivity contribution >= 4 is 34.4 Å². The lowest BCUT2D eigenvalue weighted by Crippen LogP contribution is -2.31. The second-order valence-corrected chi connectivity index (χ2v) is 6.84. The summed E-state index contributed by atoms with van der Waals surface area (Å²) < 4.78 is 2.16. The molecule has 3 rings (SSSR count). The fourth-order valence-corrected chi connectivity index (χ4v) is 3.88. The van der Waals surface area contributed by atoms with Gasteiger partial charge in [-0.25, -0.2) is 4.98 Å². The number of hydrogen-bond donors (Lipinski definition) is 0. The Balaban J connectivity index is 1.63. The highest BCUT2D eigenvalue weighted by atomic mass is 35.5. The van der Waals surface area contributed by atoms with Crippen LogP contribution in [0.15, 0.2) is 23.4 Å². The number of thioether (sulfide) groups is 1. The zero-order chi connectivity index (χ0) is 13.9. The summed E-state index contributed by atoms with van der Waals surface area (Å²) in [5.74, 6) is 1.10. The molecule has 3 nitrogen and oxygen atoms in total. The quantitative estimate of drug-likeness (QED) is 0.802. The van der Waals surface area contributed by atoms with Gasteiger partial charge in [0, 0.05) is 24.4 Å². The lowest BCUT2D eigenvalue weighted by Gasteiger charge is -2.25. The smallest absolute Gasteiger partial charge is 0.168 e. The molecular weight excluding hydrogens is 290 g/mol. The van der Waals surface area contributed by atoms with E-state index >= 15 is 0 Å². The number of benzene rings is 1. The van der Waals surface area contributed by atoms with E-state index in [2.05, 4.69) is 21.5 Å². The molecule has 5 heteroatoms. The summed E-state index contributed by atoms with van der Waals surface area (Å²) >= 11 is 7.86. The second kappa shape index (κ2) is 6.37. The summed E-state index contributed by atoms with van der Waals surface area (Å²) in [5, 5.41) is 1.83. The molecule has 1 aromatic carbocycles. The molecule has 0 atom stereocenters. The maximum Gasteiger partial charge on any atom is 0.168 e. The van der Waals surface area contributed by atoms with Crippen LogP contribution in [0.2, 0.25) is 5.02 Å². The van der Waals surface area contributed by atoms with E-state index in [1.807, 2.05) is 30.0 Å². The third kappa shape index (κ3) is 3.13. The Kier molecular flexibility index (Phi) is 4.54. The minimum atomic E-state index is 0.750. The second-order valence-electron chi connectivity index (χ2n) is 5.34. The molecule has 2 heterocycles. The SMILES string of the molecule is Cn1c(SCCN2CCCCC2)nc2cc(Cl)ccc21. The molecule has 0 unspecified atom stereocenters. The van der Waals surface area contributed by atoms with E-state index in [1.165, 1.54) is 32.4 Å². The highest BCUT2D eigenvalue weighted by Crippen LogP contribution is 2.25. The van der Waals surface area contributed by atoms with Crippen LogP contribution in [-0.2, 0) is 7.05 Å². The molecular formula is C15H20ClN3S. The van der Waals surface area contributed by atoms with Gasteiger partial charge >= 0.3 is 0 Å². The van der Waals surface area contributed by atoms with Crippen LogP contribution in [0.4, 0.5) is 0 Å². The maximum absolute atomic E-state index is 6.02. The molecule has 1 fully saturated rings. The lowest BCUT2D eigenvalue weighted by atomic mass is 10.1. The Morgan fingerprint density at radius 1 is 1.25 bits per heavy atom. The molecule has 1 aliphatic rings. The van der Waals surface area contributed by atoms with Gasteiger partial charge in [-0.3, -0.25) is 0 Å². The number of fused-ring (bicyclic) bond motifs is 1. The minimum absolute atomic E-state index is 0.750. The van der Waals surface area contributed by atoms with E-state index in [0.717, 1.165) is 33.5 Å². The molecule has 2 aromatic rings. The molecule has 20 heavy (non-hydrogen) atoms. The van der Waals surface area contributed by atoms with Crippen LogP contribution in [0.5, 0.6) is 0 Å². The molecule has 1 aromatic heterocycles. The summed E-state index contributed by atoms with van der Waals surface area (Å²) in [5.41, 5.74) is 2.13. The third-order valence-electron chi connectivity index (χ3n) is 3.89. The molecule has 108 valence electrons. The van der Waals surface area contributed by atoms with Crippen molar-refractivity contribution in [2.45, 2.75) is 24.4 Å². The molecule has 0 N–H and O–H groups in total.